The number of oxime groups is 1. The van der Waals surface area contributed by atoms with Crippen LogP contribution in [0.25, 0.3) is 0 Å². The van der Waals surface area contributed by atoms with E-state index in [1.807, 2.05) is 42.2 Å². The number of rotatable bonds is 5. The Labute approximate surface area is 182 Å². The SMILES string of the molecule is COc1ccccc1C1=NOC(C)(C(=O)Nc2cccc(C(=O)N3CCCC3)c2C)C1. The molecule has 7 heteroatoms. The van der Waals surface area contributed by atoms with Crippen LogP contribution in [0.4, 0.5) is 5.69 Å². The Morgan fingerprint density at radius 1 is 1.13 bits per heavy atom. The Morgan fingerprint density at radius 3 is 2.61 bits per heavy atom. The van der Waals surface area contributed by atoms with Crippen LogP contribution in [0, 0.1) is 6.92 Å². The number of hydrogen-bond acceptors (Lipinski definition) is 5. The van der Waals surface area contributed by atoms with E-state index in [-0.39, 0.29) is 11.8 Å². The molecule has 2 aromatic carbocycles. The molecule has 7 nitrogen and oxygen atoms in total. The predicted molar refractivity (Wildman–Crippen MR) is 119 cm³/mol. The van der Waals surface area contributed by atoms with Gasteiger partial charge in [-0.3, -0.25) is 9.59 Å². The third kappa shape index (κ3) is 4.00. The Kier molecular flexibility index (Phi) is 5.67. The third-order valence-electron chi connectivity index (χ3n) is 5.97. The monoisotopic (exact) mass is 421 g/mol. The molecule has 0 aliphatic carbocycles. The van der Waals surface area contributed by atoms with Crippen molar-refractivity contribution in [3.8, 4) is 5.75 Å². The molecular weight excluding hydrogens is 394 g/mol. The molecule has 1 saturated heterocycles. The predicted octanol–water partition coefficient (Wildman–Crippen LogP) is 3.76. The topological polar surface area (TPSA) is 80.2 Å². The van der Waals surface area contributed by atoms with Gasteiger partial charge in [-0.2, -0.15) is 0 Å². The van der Waals surface area contributed by atoms with Crippen LogP contribution in [0.1, 0.15) is 47.7 Å². The van der Waals surface area contributed by atoms with E-state index in [1.54, 1.807) is 26.2 Å². The maximum absolute atomic E-state index is 13.1. The first kappa shape index (κ1) is 20.9. The molecular formula is C24H27N3O4. The van der Waals surface area contributed by atoms with Gasteiger partial charge in [-0.05, 0) is 56.5 Å². The molecule has 0 bridgehead atoms. The van der Waals surface area contributed by atoms with Gasteiger partial charge in [0.2, 0.25) is 5.60 Å². The second-order valence-electron chi connectivity index (χ2n) is 8.17. The van der Waals surface area contributed by atoms with Crippen molar-refractivity contribution in [1.82, 2.24) is 4.90 Å². The van der Waals surface area contributed by atoms with Gasteiger partial charge >= 0.3 is 0 Å². The molecule has 1 N–H and O–H groups in total. The van der Waals surface area contributed by atoms with Crippen molar-refractivity contribution in [2.75, 3.05) is 25.5 Å². The molecule has 0 saturated carbocycles. The summed E-state index contributed by atoms with van der Waals surface area (Å²) >= 11 is 0. The van der Waals surface area contributed by atoms with Crippen LogP contribution in [0.15, 0.2) is 47.6 Å². The maximum Gasteiger partial charge on any atom is 0.271 e. The highest BCUT2D eigenvalue weighted by atomic mass is 16.7. The molecule has 1 atom stereocenters. The summed E-state index contributed by atoms with van der Waals surface area (Å²) in [6, 6.07) is 12.9. The van der Waals surface area contributed by atoms with E-state index in [0.29, 0.717) is 29.1 Å². The highest BCUT2D eigenvalue weighted by molar-refractivity contribution is 6.09. The van der Waals surface area contributed by atoms with Crippen LogP contribution in [-0.4, -0.2) is 48.2 Å². The van der Waals surface area contributed by atoms with Crippen LogP contribution in [-0.2, 0) is 9.63 Å². The number of ether oxygens (including phenoxy) is 1. The van der Waals surface area contributed by atoms with E-state index in [2.05, 4.69) is 10.5 Å². The Hall–Kier alpha value is -3.35. The summed E-state index contributed by atoms with van der Waals surface area (Å²) in [5.74, 6) is 0.379. The first-order valence-electron chi connectivity index (χ1n) is 10.5. The average molecular weight is 421 g/mol. The lowest BCUT2D eigenvalue weighted by Gasteiger charge is -2.22. The zero-order valence-corrected chi connectivity index (χ0v) is 18.1. The minimum absolute atomic E-state index is 0.0104. The van der Waals surface area contributed by atoms with Gasteiger partial charge in [0.1, 0.15) is 5.75 Å². The summed E-state index contributed by atoms with van der Waals surface area (Å²) in [5.41, 5.74) is 2.27. The third-order valence-corrected chi connectivity index (χ3v) is 5.97. The highest BCUT2D eigenvalue weighted by Crippen LogP contribution is 2.32. The Bertz CT molecular complexity index is 1040. The fourth-order valence-electron chi connectivity index (χ4n) is 4.04. The largest absolute Gasteiger partial charge is 0.496 e. The highest BCUT2D eigenvalue weighted by Gasteiger charge is 2.43. The van der Waals surface area contributed by atoms with Crippen LogP contribution < -0.4 is 10.1 Å². The number of nitrogens with zero attached hydrogens (tertiary/aromatic N) is 2. The van der Waals surface area contributed by atoms with Gasteiger partial charge in [0.05, 0.1) is 12.8 Å². The number of carbonyl (C=O) groups is 2. The van der Waals surface area contributed by atoms with E-state index in [9.17, 15) is 9.59 Å². The molecule has 2 aliphatic heterocycles. The number of methoxy groups -OCH3 is 1. The van der Waals surface area contributed by atoms with Gasteiger partial charge in [-0.25, -0.2) is 0 Å². The smallest absolute Gasteiger partial charge is 0.271 e. The minimum atomic E-state index is -1.16. The average Bonchev–Trinajstić information content (AvgIpc) is 3.45. The molecule has 0 spiro atoms. The molecule has 4 rings (SSSR count). The summed E-state index contributed by atoms with van der Waals surface area (Å²) in [4.78, 5) is 33.4. The first-order valence-corrected chi connectivity index (χ1v) is 10.5. The lowest BCUT2D eigenvalue weighted by Crippen LogP contribution is -2.40. The van der Waals surface area contributed by atoms with Gasteiger partial charge in [0.15, 0.2) is 0 Å². The summed E-state index contributed by atoms with van der Waals surface area (Å²) in [6.45, 7) is 5.13. The number of anilines is 1. The number of para-hydroxylation sites is 1. The summed E-state index contributed by atoms with van der Waals surface area (Å²) in [5, 5.41) is 7.11. The minimum Gasteiger partial charge on any atom is -0.496 e. The van der Waals surface area contributed by atoms with Crippen molar-refractivity contribution in [3.05, 3.63) is 59.2 Å². The second kappa shape index (κ2) is 8.41. The number of nitrogens with one attached hydrogen (secondary N) is 1. The summed E-state index contributed by atoms with van der Waals surface area (Å²) in [6.07, 6.45) is 2.38. The second-order valence-corrected chi connectivity index (χ2v) is 8.17. The first-order chi connectivity index (χ1) is 14.9. The molecule has 1 unspecified atom stereocenters. The number of likely N-dealkylation sites (tertiary alicyclic amines) is 1. The lowest BCUT2D eigenvalue weighted by molar-refractivity contribution is -0.135. The van der Waals surface area contributed by atoms with Crippen molar-refractivity contribution in [3.63, 3.8) is 0 Å². The number of hydrogen-bond donors (Lipinski definition) is 1. The number of amides is 2. The fourth-order valence-corrected chi connectivity index (χ4v) is 4.04. The molecule has 0 aromatic heterocycles. The van der Waals surface area contributed by atoms with Gasteiger partial charge in [0.25, 0.3) is 11.8 Å². The molecule has 2 aromatic rings. The van der Waals surface area contributed by atoms with E-state index in [0.717, 1.165) is 37.1 Å². The van der Waals surface area contributed by atoms with E-state index < -0.39 is 5.60 Å². The lowest BCUT2D eigenvalue weighted by atomic mass is 9.94. The standard InChI is InChI=1S/C24H27N3O4/c1-16-17(22(28)27-13-6-7-14-27)10-8-11-19(16)25-23(29)24(2)15-20(26-31-24)18-9-4-5-12-21(18)30-3/h4-5,8-12H,6-7,13-15H2,1-3H3,(H,25,29). The van der Waals surface area contributed by atoms with Gasteiger partial charge in [-0.15, -0.1) is 0 Å². The zero-order valence-electron chi connectivity index (χ0n) is 18.1. The Balaban J connectivity index is 1.50. The molecule has 1 fully saturated rings. The fraction of sp³-hybridized carbons (Fsp3) is 0.375. The zero-order chi connectivity index (χ0) is 22.0. The van der Waals surface area contributed by atoms with Crippen LogP contribution in [0.5, 0.6) is 5.75 Å². The molecule has 2 aliphatic rings. The van der Waals surface area contributed by atoms with Crippen molar-refractivity contribution in [2.24, 2.45) is 5.16 Å². The van der Waals surface area contributed by atoms with Crippen molar-refractivity contribution >= 4 is 23.2 Å². The molecule has 31 heavy (non-hydrogen) atoms. The summed E-state index contributed by atoms with van der Waals surface area (Å²) < 4.78 is 5.40. The van der Waals surface area contributed by atoms with Crippen LogP contribution in [0.3, 0.4) is 0 Å². The van der Waals surface area contributed by atoms with Crippen LogP contribution in [0.2, 0.25) is 0 Å². The van der Waals surface area contributed by atoms with E-state index in [4.69, 9.17) is 9.57 Å². The van der Waals surface area contributed by atoms with Crippen molar-refractivity contribution < 1.29 is 19.2 Å². The molecule has 0 radical (unpaired) electrons. The van der Waals surface area contributed by atoms with Crippen molar-refractivity contribution in [2.45, 2.75) is 38.7 Å². The van der Waals surface area contributed by atoms with E-state index >= 15 is 0 Å². The quantitative estimate of drug-likeness (QED) is 0.797. The van der Waals surface area contributed by atoms with Crippen molar-refractivity contribution in [1.29, 1.82) is 0 Å². The number of carbonyl (C=O) groups excluding carboxylic acids is 2. The number of benzene rings is 2. The maximum atomic E-state index is 13.1. The van der Waals surface area contributed by atoms with Gasteiger partial charge in [0, 0.05) is 36.3 Å². The Morgan fingerprint density at radius 2 is 1.87 bits per heavy atom. The molecule has 162 valence electrons. The normalized spacial score (nSPS) is 20.2. The van der Waals surface area contributed by atoms with E-state index in [1.165, 1.54) is 0 Å². The van der Waals surface area contributed by atoms with Crippen LogP contribution >= 0.6 is 0 Å². The van der Waals surface area contributed by atoms with Gasteiger partial charge < -0.3 is 19.8 Å². The van der Waals surface area contributed by atoms with Gasteiger partial charge in [-0.1, -0.05) is 23.4 Å². The summed E-state index contributed by atoms with van der Waals surface area (Å²) in [7, 11) is 1.60. The molecule has 2 amide bonds. The molecule has 2 heterocycles.